The van der Waals surface area contributed by atoms with Gasteiger partial charge in [-0.05, 0) is 79.8 Å². The van der Waals surface area contributed by atoms with Crippen molar-refractivity contribution in [1.29, 1.82) is 0 Å². The number of anilines is 1. The fourth-order valence-electron chi connectivity index (χ4n) is 6.84. The smallest absolute Gasteiger partial charge is 0.328 e. The first-order valence-electron chi connectivity index (χ1n) is 15.5. The Balaban J connectivity index is 1.16. The Kier molecular flexibility index (Phi) is 7.48. The number of hydrogen-bond acceptors (Lipinski definition) is 6. The van der Waals surface area contributed by atoms with Gasteiger partial charge in [-0.25, -0.2) is 9.78 Å². The van der Waals surface area contributed by atoms with Gasteiger partial charge in [0.25, 0.3) is 5.91 Å². The Morgan fingerprint density at radius 2 is 1.73 bits per heavy atom. The molecule has 0 spiro atoms. The summed E-state index contributed by atoms with van der Waals surface area (Å²) in [6, 6.07) is 18.6. The van der Waals surface area contributed by atoms with Crippen molar-refractivity contribution in [1.82, 2.24) is 14.9 Å². The lowest BCUT2D eigenvalue weighted by molar-refractivity contribution is -0.131. The highest BCUT2D eigenvalue weighted by Gasteiger charge is 2.42. The van der Waals surface area contributed by atoms with Crippen LogP contribution in [0.2, 0.25) is 0 Å². The number of carboxylic acid groups (broad SMARTS) is 1. The van der Waals surface area contributed by atoms with Crippen LogP contribution >= 0.6 is 0 Å². The first kappa shape index (κ1) is 28.6. The molecule has 45 heavy (non-hydrogen) atoms. The van der Waals surface area contributed by atoms with Crippen LogP contribution in [0.3, 0.4) is 0 Å². The van der Waals surface area contributed by atoms with E-state index in [1.54, 1.807) is 24.3 Å². The second-order valence-corrected chi connectivity index (χ2v) is 12.0. The Labute approximate surface area is 260 Å². The lowest BCUT2D eigenvalue weighted by Crippen LogP contribution is -2.55. The molecule has 0 bridgehead atoms. The molecule has 3 N–H and O–H groups in total. The Hall–Kier alpha value is -5.12. The second kappa shape index (κ2) is 11.8. The van der Waals surface area contributed by atoms with Crippen LogP contribution in [0.5, 0.6) is 11.5 Å². The normalized spacial score (nSPS) is 17.2. The lowest BCUT2D eigenvalue weighted by Gasteiger charge is -2.29. The molecule has 230 valence electrons. The zero-order chi connectivity index (χ0) is 31.0. The molecular formula is C35H34N4O6. The number of nitrogens with one attached hydrogen (secondary N) is 2. The van der Waals surface area contributed by atoms with Crippen molar-refractivity contribution < 1.29 is 29.0 Å². The van der Waals surface area contributed by atoms with E-state index in [0.29, 0.717) is 52.7 Å². The SMILES string of the molecule is O=C(O)/C=C/c1ccc(NC(=O)C2(NC(=O)c3ccc4c(c3)nc(-c3cccc5c3OCO5)n4C3CCCC3)CCCC2)cc1. The first-order valence-corrected chi connectivity index (χ1v) is 15.5. The van der Waals surface area contributed by atoms with E-state index in [2.05, 4.69) is 15.2 Å². The number of ether oxygens (including phenoxy) is 2. The van der Waals surface area contributed by atoms with Gasteiger partial charge in [-0.15, -0.1) is 0 Å². The van der Waals surface area contributed by atoms with Crippen molar-refractivity contribution in [2.24, 2.45) is 0 Å². The van der Waals surface area contributed by atoms with Crippen molar-refractivity contribution in [2.45, 2.75) is 62.9 Å². The largest absolute Gasteiger partial charge is 0.478 e. The number of nitrogens with zero attached hydrogens (tertiary/aromatic N) is 2. The average Bonchev–Trinajstić information content (AvgIpc) is 3.86. The van der Waals surface area contributed by atoms with Crippen LogP contribution in [0.1, 0.15) is 73.3 Å². The standard InChI is InChI=1S/C35H34N4O6/c40-30(41)17-12-22-10-14-24(15-11-22)36-34(43)35(18-3-4-19-35)38-33(42)23-13-16-28-27(20-23)37-32(39(28)25-6-1-2-7-25)26-8-5-9-29-31(26)45-21-44-29/h5,8-17,20,25H,1-4,6-7,18-19,21H2,(H,36,43)(H,38,42)(H,40,41)/b17-12+. The molecule has 1 aromatic heterocycles. The molecule has 10 heteroatoms. The number of hydrogen-bond donors (Lipinski definition) is 3. The summed E-state index contributed by atoms with van der Waals surface area (Å²) in [5.41, 5.74) is 3.21. The predicted octanol–water partition coefficient (Wildman–Crippen LogP) is 6.33. The maximum absolute atomic E-state index is 13.7. The second-order valence-electron chi connectivity index (χ2n) is 12.0. The number of imidazole rings is 1. The van der Waals surface area contributed by atoms with E-state index < -0.39 is 11.5 Å². The van der Waals surface area contributed by atoms with Gasteiger partial charge in [-0.2, -0.15) is 0 Å². The summed E-state index contributed by atoms with van der Waals surface area (Å²) in [6.07, 6.45) is 9.71. The van der Waals surface area contributed by atoms with Gasteiger partial charge in [0.1, 0.15) is 11.4 Å². The van der Waals surface area contributed by atoms with Gasteiger partial charge in [0, 0.05) is 23.4 Å². The summed E-state index contributed by atoms with van der Waals surface area (Å²) < 4.78 is 13.8. The molecule has 2 heterocycles. The minimum atomic E-state index is -1.04. The van der Waals surface area contributed by atoms with Crippen LogP contribution in [-0.4, -0.2) is 44.8 Å². The summed E-state index contributed by atoms with van der Waals surface area (Å²) in [5.74, 6) is 0.563. The molecule has 3 aliphatic rings. The molecule has 7 rings (SSSR count). The number of para-hydroxylation sites is 1. The van der Waals surface area contributed by atoms with Gasteiger partial charge < -0.3 is 29.8 Å². The van der Waals surface area contributed by atoms with E-state index in [1.165, 1.54) is 6.08 Å². The van der Waals surface area contributed by atoms with Crippen LogP contribution in [0.4, 0.5) is 5.69 Å². The molecule has 2 saturated carbocycles. The van der Waals surface area contributed by atoms with Crippen molar-refractivity contribution in [2.75, 3.05) is 12.1 Å². The number of benzene rings is 3. The van der Waals surface area contributed by atoms with Crippen molar-refractivity contribution in [3.05, 3.63) is 77.9 Å². The van der Waals surface area contributed by atoms with E-state index in [9.17, 15) is 14.4 Å². The quantitative estimate of drug-likeness (QED) is 0.200. The van der Waals surface area contributed by atoms with Gasteiger partial charge in [0.2, 0.25) is 12.7 Å². The van der Waals surface area contributed by atoms with Crippen LogP contribution in [0.25, 0.3) is 28.5 Å². The number of fused-ring (bicyclic) bond motifs is 2. The van der Waals surface area contributed by atoms with Crippen molar-refractivity contribution in [3.8, 4) is 22.9 Å². The first-order chi connectivity index (χ1) is 21.9. The summed E-state index contributed by atoms with van der Waals surface area (Å²) in [7, 11) is 0. The van der Waals surface area contributed by atoms with E-state index in [0.717, 1.165) is 61.5 Å². The molecule has 3 aromatic carbocycles. The number of rotatable bonds is 8. The Bertz CT molecular complexity index is 1810. The van der Waals surface area contributed by atoms with E-state index in [-0.39, 0.29) is 18.6 Å². The lowest BCUT2D eigenvalue weighted by atomic mass is 9.95. The third kappa shape index (κ3) is 5.52. The Morgan fingerprint density at radius 1 is 0.956 bits per heavy atom. The molecule has 2 fully saturated rings. The minimum absolute atomic E-state index is 0.172. The van der Waals surface area contributed by atoms with Crippen LogP contribution < -0.4 is 20.1 Å². The highest BCUT2D eigenvalue weighted by Crippen LogP contribution is 2.44. The molecule has 1 aliphatic heterocycles. The van der Waals surface area contributed by atoms with E-state index in [4.69, 9.17) is 19.6 Å². The average molecular weight is 607 g/mol. The highest BCUT2D eigenvalue weighted by molar-refractivity contribution is 6.05. The van der Waals surface area contributed by atoms with Gasteiger partial charge >= 0.3 is 5.97 Å². The molecule has 0 radical (unpaired) electrons. The fraction of sp³-hybridized carbons (Fsp3) is 0.314. The zero-order valence-electron chi connectivity index (χ0n) is 24.8. The fourth-order valence-corrected chi connectivity index (χ4v) is 6.84. The summed E-state index contributed by atoms with van der Waals surface area (Å²) in [4.78, 5) is 43.2. The summed E-state index contributed by atoms with van der Waals surface area (Å²) in [6.45, 7) is 0.172. The zero-order valence-corrected chi connectivity index (χ0v) is 24.8. The molecular weight excluding hydrogens is 572 g/mol. The van der Waals surface area contributed by atoms with Gasteiger partial charge in [0.05, 0.1) is 16.6 Å². The van der Waals surface area contributed by atoms with Crippen LogP contribution in [-0.2, 0) is 9.59 Å². The molecule has 10 nitrogen and oxygen atoms in total. The number of amides is 2. The summed E-state index contributed by atoms with van der Waals surface area (Å²) >= 11 is 0. The minimum Gasteiger partial charge on any atom is -0.478 e. The molecule has 0 atom stereocenters. The molecule has 0 saturated heterocycles. The third-order valence-corrected chi connectivity index (χ3v) is 9.11. The number of aliphatic carboxylic acids is 1. The number of carbonyl (C=O) groups is 3. The number of aromatic nitrogens is 2. The van der Waals surface area contributed by atoms with Crippen LogP contribution in [0.15, 0.2) is 66.7 Å². The van der Waals surface area contributed by atoms with Crippen LogP contribution in [0, 0.1) is 0 Å². The van der Waals surface area contributed by atoms with Gasteiger partial charge in [-0.1, -0.05) is 43.9 Å². The molecule has 2 amide bonds. The van der Waals surface area contributed by atoms with Crippen molar-refractivity contribution in [3.63, 3.8) is 0 Å². The van der Waals surface area contributed by atoms with E-state index in [1.807, 2.05) is 36.4 Å². The van der Waals surface area contributed by atoms with Gasteiger partial charge in [-0.3, -0.25) is 9.59 Å². The number of carbonyl (C=O) groups excluding carboxylic acids is 2. The number of carboxylic acids is 1. The molecule has 0 unspecified atom stereocenters. The summed E-state index contributed by atoms with van der Waals surface area (Å²) in [5, 5.41) is 14.9. The predicted molar refractivity (Wildman–Crippen MR) is 169 cm³/mol. The highest BCUT2D eigenvalue weighted by atomic mass is 16.7. The monoisotopic (exact) mass is 606 g/mol. The topological polar surface area (TPSA) is 132 Å². The third-order valence-electron chi connectivity index (χ3n) is 9.11. The molecule has 2 aliphatic carbocycles. The Morgan fingerprint density at radius 3 is 2.49 bits per heavy atom. The van der Waals surface area contributed by atoms with Crippen molar-refractivity contribution >= 4 is 40.6 Å². The van der Waals surface area contributed by atoms with E-state index >= 15 is 0 Å². The maximum atomic E-state index is 13.7. The van der Waals surface area contributed by atoms with Gasteiger partial charge in [0.15, 0.2) is 11.5 Å². The molecule has 4 aromatic rings. The maximum Gasteiger partial charge on any atom is 0.328 e.